The highest BCUT2D eigenvalue weighted by molar-refractivity contribution is 4.70. The number of hydrogen-bond acceptors (Lipinski definition) is 0. The van der Waals surface area contributed by atoms with Gasteiger partial charge >= 0.3 is 0 Å². The Morgan fingerprint density at radius 2 is 1.30 bits per heavy atom. The Morgan fingerprint density at radius 3 is 1.40 bits per heavy atom. The Bertz CT molecular complexity index is 82.4. The molecule has 0 atom stereocenters. The first-order chi connectivity index (χ1) is 4.21. The van der Waals surface area contributed by atoms with E-state index in [2.05, 4.69) is 0 Å². The minimum Gasteiger partial charge on any atom is -0.244 e. The molecule has 0 bridgehead atoms. The zero-order valence-electron chi connectivity index (χ0n) is 6.55. The number of halogens is 3. The SMILES string of the molecule is CC(C)(F)CCC(C)(F)F. The summed E-state index contributed by atoms with van der Waals surface area (Å²) in [6, 6.07) is 0. The van der Waals surface area contributed by atoms with Crippen molar-refractivity contribution in [1.82, 2.24) is 0 Å². The molecule has 10 heavy (non-hydrogen) atoms. The second-order valence-electron chi connectivity index (χ2n) is 3.29. The summed E-state index contributed by atoms with van der Waals surface area (Å²) < 4.78 is 36.8. The Labute approximate surface area is 59.4 Å². The number of rotatable bonds is 3. The van der Waals surface area contributed by atoms with Crippen molar-refractivity contribution in [2.24, 2.45) is 0 Å². The van der Waals surface area contributed by atoms with Crippen molar-refractivity contribution >= 4 is 0 Å². The van der Waals surface area contributed by atoms with E-state index in [1.54, 1.807) is 0 Å². The Kier molecular flexibility index (Phi) is 2.75. The van der Waals surface area contributed by atoms with Gasteiger partial charge in [0.25, 0.3) is 0 Å². The van der Waals surface area contributed by atoms with Crippen LogP contribution in [0.2, 0.25) is 0 Å². The van der Waals surface area contributed by atoms with Crippen molar-refractivity contribution in [2.45, 2.75) is 45.2 Å². The molecule has 0 aromatic heterocycles. The van der Waals surface area contributed by atoms with Crippen molar-refractivity contribution < 1.29 is 13.2 Å². The molecule has 0 aliphatic carbocycles. The van der Waals surface area contributed by atoms with Crippen molar-refractivity contribution in [3.05, 3.63) is 0 Å². The Morgan fingerprint density at radius 1 is 0.900 bits per heavy atom. The van der Waals surface area contributed by atoms with Crippen molar-refractivity contribution in [1.29, 1.82) is 0 Å². The molecule has 0 N–H and O–H groups in total. The van der Waals surface area contributed by atoms with E-state index >= 15 is 0 Å². The molecule has 0 amide bonds. The summed E-state index contributed by atoms with van der Waals surface area (Å²) in [5, 5.41) is 0. The molecule has 0 fully saturated rings. The summed E-state index contributed by atoms with van der Waals surface area (Å²) in [4.78, 5) is 0. The lowest BCUT2D eigenvalue weighted by atomic mass is 10.0. The highest BCUT2D eigenvalue weighted by atomic mass is 19.3. The fourth-order valence-electron chi connectivity index (χ4n) is 0.517. The highest BCUT2D eigenvalue weighted by Gasteiger charge is 2.26. The van der Waals surface area contributed by atoms with E-state index in [1.807, 2.05) is 0 Å². The van der Waals surface area contributed by atoms with Gasteiger partial charge in [-0.05, 0) is 27.2 Å². The summed E-state index contributed by atoms with van der Waals surface area (Å²) in [5.74, 6) is -2.73. The van der Waals surface area contributed by atoms with Crippen LogP contribution in [0.3, 0.4) is 0 Å². The summed E-state index contributed by atoms with van der Waals surface area (Å²) in [5.41, 5.74) is -1.47. The van der Waals surface area contributed by atoms with Gasteiger partial charge in [0, 0.05) is 6.42 Å². The largest absolute Gasteiger partial charge is 0.245 e. The molecule has 0 saturated heterocycles. The van der Waals surface area contributed by atoms with E-state index in [4.69, 9.17) is 0 Å². The average molecular weight is 154 g/mol. The van der Waals surface area contributed by atoms with Gasteiger partial charge in [0.05, 0.1) is 0 Å². The molecule has 0 rings (SSSR count). The molecule has 0 aromatic carbocycles. The molecule has 0 spiro atoms. The predicted molar refractivity (Wildman–Crippen MR) is 35.0 cm³/mol. The van der Waals surface area contributed by atoms with E-state index in [-0.39, 0.29) is 12.8 Å². The van der Waals surface area contributed by atoms with Crippen LogP contribution in [0.25, 0.3) is 0 Å². The first-order valence-electron chi connectivity index (χ1n) is 3.27. The van der Waals surface area contributed by atoms with Crippen LogP contribution in [-0.4, -0.2) is 11.6 Å². The molecule has 62 valence electrons. The maximum atomic E-state index is 12.6. The maximum absolute atomic E-state index is 12.6. The molecule has 0 aliphatic heterocycles. The van der Waals surface area contributed by atoms with Crippen LogP contribution in [0.5, 0.6) is 0 Å². The van der Waals surface area contributed by atoms with Crippen molar-refractivity contribution in [3.63, 3.8) is 0 Å². The molecule has 0 heterocycles. The van der Waals surface area contributed by atoms with E-state index in [9.17, 15) is 13.2 Å². The van der Waals surface area contributed by atoms with E-state index < -0.39 is 11.6 Å². The monoisotopic (exact) mass is 154 g/mol. The van der Waals surface area contributed by atoms with E-state index in [1.165, 1.54) is 13.8 Å². The second kappa shape index (κ2) is 2.81. The normalized spacial score (nSPS) is 13.8. The topological polar surface area (TPSA) is 0 Å². The Hall–Kier alpha value is -0.210. The van der Waals surface area contributed by atoms with Crippen molar-refractivity contribution in [2.75, 3.05) is 0 Å². The Balaban J connectivity index is 3.56. The van der Waals surface area contributed by atoms with Crippen LogP contribution >= 0.6 is 0 Å². The molecule has 0 radical (unpaired) electrons. The van der Waals surface area contributed by atoms with E-state index in [0.717, 1.165) is 6.92 Å². The third kappa shape index (κ3) is 7.79. The van der Waals surface area contributed by atoms with Gasteiger partial charge in [-0.3, -0.25) is 0 Å². The smallest absolute Gasteiger partial charge is 0.244 e. The van der Waals surface area contributed by atoms with Crippen LogP contribution in [-0.2, 0) is 0 Å². The minimum atomic E-state index is -2.73. The lowest BCUT2D eigenvalue weighted by Crippen LogP contribution is -2.18. The summed E-state index contributed by atoms with van der Waals surface area (Å²) in [6.45, 7) is 3.41. The van der Waals surface area contributed by atoms with Crippen molar-refractivity contribution in [3.8, 4) is 0 Å². The van der Waals surface area contributed by atoms with Crippen LogP contribution < -0.4 is 0 Å². The van der Waals surface area contributed by atoms with Gasteiger partial charge in [0.2, 0.25) is 5.92 Å². The van der Waals surface area contributed by atoms with Crippen LogP contribution in [0.4, 0.5) is 13.2 Å². The van der Waals surface area contributed by atoms with Crippen LogP contribution in [0, 0.1) is 0 Å². The molecular weight excluding hydrogens is 141 g/mol. The van der Waals surface area contributed by atoms with Gasteiger partial charge in [0.15, 0.2) is 0 Å². The number of hydrogen-bond donors (Lipinski definition) is 0. The summed E-state index contributed by atoms with van der Waals surface area (Å²) in [6.07, 6.45) is -0.465. The fourth-order valence-corrected chi connectivity index (χ4v) is 0.517. The van der Waals surface area contributed by atoms with Crippen LogP contribution in [0.15, 0.2) is 0 Å². The van der Waals surface area contributed by atoms with Gasteiger partial charge in [-0.2, -0.15) is 0 Å². The van der Waals surface area contributed by atoms with Gasteiger partial charge in [0.1, 0.15) is 5.67 Å². The molecule has 0 saturated carbocycles. The van der Waals surface area contributed by atoms with Gasteiger partial charge < -0.3 is 0 Å². The third-order valence-electron chi connectivity index (χ3n) is 1.16. The van der Waals surface area contributed by atoms with Gasteiger partial charge in [-0.1, -0.05) is 0 Å². The maximum Gasteiger partial charge on any atom is 0.245 e. The zero-order valence-corrected chi connectivity index (χ0v) is 6.55. The fraction of sp³-hybridized carbons (Fsp3) is 1.00. The second-order valence-corrected chi connectivity index (χ2v) is 3.29. The average Bonchev–Trinajstić information content (AvgIpc) is 1.57. The lowest BCUT2D eigenvalue weighted by molar-refractivity contribution is -0.00282. The first kappa shape index (κ1) is 9.79. The molecule has 3 heteroatoms. The first-order valence-corrected chi connectivity index (χ1v) is 3.27. The highest BCUT2D eigenvalue weighted by Crippen LogP contribution is 2.25. The zero-order chi connectivity index (χ0) is 8.41. The van der Waals surface area contributed by atoms with Gasteiger partial charge in [-0.15, -0.1) is 0 Å². The van der Waals surface area contributed by atoms with E-state index in [0.29, 0.717) is 0 Å². The molecule has 0 aromatic rings. The molecule has 0 unspecified atom stereocenters. The lowest BCUT2D eigenvalue weighted by Gasteiger charge is -2.16. The molecule has 0 aliphatic rings. The predicted octanol–water partition coefficient (Wildman–Crippen LogP) is 3.17. The summed E-state index contributed by atoms with van der Waals surface area (Å²) >= 11 is 0. The van der Waals surface area contributed by atoms with Crippen LogP contribution in [0.1, 0.15) is 33.6 Å². The quantitative estimate of drug-likeness (QED) is 0.585. The summed E-state index contributed by atoms with van der Waals surface area (Å²) in [7, 11) is 0. The standard InChI is InChI=1S/C7H13F3/c1-6(2,8)4-5-7(3,9)10/h4-5H2,1-3H3. The van der Waals surface area contributed by atoms with Gasteiger partial charge in [-0.25, -0.2) is 13.2 Å². The molecular formula is C7H13F3. The minimum absolute atomic E-state index is 0.0868. The molecule has 0 nitrogen and oxygen atoms in total. The number of alkyl halides is 3. The third-order valence-corrected chi connectivity index (χ3v) is 1.16.